The highest BCUT2D eigenvalue weighted by Crippen LogP contribution is 2.22. The quantitative estimate of drug-likeness (QED) is 0.754. The molecule has 0 aliphatic heterocycles. The minimum Gasteiger partial charge on any atom is -0.236 e. The van der Waals surface area contributed by atoms with Crippen LogP contribution < -0.4 is 0 Å². The van der Waals surface area contributed by atoms with Crippen LogP contribution in [0.1, 0.15) is 25.5 Å². The molecule has 0 spiro atoms. The Balaban J connectivity index is 2.74. The van der Waals surface area contributed by atoms with E-state index in [1.165, 1.54) is 0 Å². The van der Waals surface area contributed by atoms with Gasteiger partial charge in [0.05, 0.1) is 9.26 Å². The highest BCUT2D eigenvalue weighted by atomic mass is 127. The lowest BCUT2D eigenvalue weighted by molar-refractivity contribution is 0.783. The lowest BCUT2D eigenvalue weighted by Gasteiger charge is -1.97. The zero-order chi connectivity index (χ0) is 9.42. The number of hydrogen-bond acceptors (Lipinski definition) is 2. The number of hydrogen-bond donors (Lipinski definition) is 0. The van der Waals surface area contributed by atoms with Crippen molar-refractivity contribution in [2.75, 3.05) is 0 Å². The normalized spacial score (nSPS) is 11.4. The van der Waals surface area contributed by atoms with E-state index >= 15 is 0 Å². The highest BCUT2D eigenvalue weighted by Gasteiger charge is 2.12. The van der Waals surface area contributed by atoms with Crippen molar-refractivity contribution in [3.05, 3.63) is 27.7 Å². The standard InChI is InChI=1S/C9H10IN3/c1-6(2)8-7(10)9-11-4-3-5-13(9)12-8/h3-6H,1-2H3. The minimum absolute atomic E-state index is 0.452. The third kappa shape index (κ3) is 1.43. The van der Waals surface area contributed by atoms with Crippen LogP contribution in [0.4, 0.5) is 0 Å². The molecule has 2 rings (SSSR count). The van der Waals surface area contributed by atoms with E-state index in [-0.39, 0.29) is 0 Å². The molecule has 0 aromatic carbocycles. The summed E-state index contributed by atoms with van der Waals surface area (Å²) in [6.07, 6.45) is 3.72. The average molecular weight is 287 g/mol. The number of halogens is 1. The first-order valence-corrected chi connectivity index (χ1v) is 5.26. The van der Waals surface area contributed by atoms with Gasteiger partial charge in [-0.1, -0.05) is 13.8 Å². The molecule has 0 atom stereocenters. The van der Waals surface area contributed by atoms with Gasteiger partial charge in [0.2, 0.25) is 0 Å². The van der Waals surface area contributed by atoms with E-state index < -0.39 is 0 Å². The third-order valence-electron chi connectivity index (χ3n) is 1.91. The maximum absolute atomic E-state index is 4.46. The average Bonchev–Trinajstić information content (AvgIpc) is 2.45. The van der Waals surface area contributed by atoms with Gasteiger partial charge in [-0.3, -0.25) is 0 Å². The molecule has 0 unspecified atom stereocenters. The van der Waals surface area contributed by atoms with Crippen molar-refractivity contribution >= 4 is 28.2 Å². The molecule has 2 heterocycles. The van der Waals surface area contributed by atoms with Crippen molar-refractivity contribution < 1.29 is 0 Å². The second kappa shape index (κ2) is 3.25. The van der Waals surface area contributed by atoms with Crippen LogP contribution in [0.2, 0.25) is 0 Å². The van der Waals surface area contributed by atoms with Crippen molar-refractivity contribution in [3.63, 3.8) is 0 Å². The van der Waals surface area contributed by atoms with Gasteiger partial charge in [-0.25, -0.2) is 9.50 Å². The predicted molar refractivity (Wildman–Crippen MR) is 59.8 cm³/mol. The summed E-state index contributed by atoms with van der Waals surface area (Å²) < 4.78 is 2.99. The van der Waals surface area contributed by atoms with Crippen molar-refractivity contribution in [2.45, 2.75) is 19.8 Å². The van der Waals surface area contributed by atoms with E-state index in [1.54, 1.807) is 6.20 Å². The van der Waals surface area contributed by atoms with Gasteiger partial charge in [0.25, 0.3) is 0 Å². The Morgan fingerprint density at radius 2 is 2.23 bits per heavy atom. The van der Waals surface area contributed by atoms with E-state index in [0.717, 1.165) is 14.9 Å². The molecular formula is C9H10IN3. The molecule has 0 bridgehead atoms. The first-order valence-electron chi connectivity index (χ1n) is 4.19. The van der Waals surface area contributed by atoms with Gasteiger partial charge in [-0.2, -0.15) is 5.10 Å². The van der Waals surface area contributed by atoms with Crippen LogP contribution in [0.15, 0.2) is 18.5 Å². The van der Waals surface area contributed by atoms with Gasteiger partial charge < -0.3 is 0 Å². The third-order valence-corrected chi connectivity index (χ3v) is 2.95. The summed E-state index contributed by atoms with van der Waals surface area (Å²) in [5, 5.41) is 4.46. The topological polar surface area (TPSA) is 30.2 Å². The molecule has 0 amide bonds. The monoisotopic (exact) mass is 287 g/mol. The maximum Gasteiger partial charge on any atom is 0.168 e. The first kappa shape index (κ1) is 8.93. The van der Waals surface area contributed by atoms with Crippen molar-refractivity contribution in [3.8, 4) is 0 Å². The summed E-state index contributed by atoms with van der Waals surface area (Å²) in [4.78, 5) is 4.28. The van der Waals surface area contributed by atoms with Gasteiger partial charge >= 0.3 is 0 Å². The molecule has 0 aliphatic rings. The molecule has 2 aromatic heterocycles. The van der Waals surface area contributed by atoms with Crippen molar-refractivity contribution in [1.82, 2.24) is 14.6 Å². The Hall–Kier alpha value is -0.650. The summed E-state index contributed by atoms with van der Waals surface area (Å²) in [6.45, 7) is 4.29. The second-order valence-corrected chi connectivity index (χ2v) is 4.32. The molecule has 3 nitrogen and oxygen atoms in total. The number of fused-ring (bicyclic) bond motifs is 1. The molecule has 0 saturated heterocycles. The largest absolute Gasteiger partial charge is 0.236 e. The van der Waals surface area contributed by atoms with Gasteiger partial charge in [0.15, 0.2) is 5.65 Å². The van der Waals surface area contributed by atoms with Gasteiger partial charge in [0.1, 0.15) is 0 Å². The molecule has 4 heteroatoms. The zero-order valence-electron chi connectivity index (χ0n) is 7.53. The minimum atomic E-state index is 0.452. The summed E-state index contributed by atoms with van der Waals surface area (Å²) in [7, 11) is 0. The number of rotatable bonds is 1. The van der Waals surface area contributed by atoms with Crippen LogP contribution >= 0.6 is 22.6 Å². The Kier molecular flexibility index (Phi) is 2.23. The summed E-state index contributed by atoms with van der Waals surface area (Å²) in [6, 6.07) is 1.89. The maximum atomic E-state index is 4.46. The summed E-state index contributed by atoms with van der Waals surface area (Å²) in [5.41, 5.74) is 2.08. The molecule has 0 N–H and O–H groups in total. The smallest absolute Gasteiger partial charge is 0.168 e. The molecule has 0 aliphatic carbocycles. The van der Waals surface area contributed by atoms with Crippen LogP contribution in [0.25, 0.3) is 5.65 Å². The van der Waals surface area contributed by atoms with Crippen LogP contribution in [-0.4, -0.2) is 14.6 Å². The molecule has 2 aromatic rings. The lowest BCUT2D eigenvalue weighted by Crippen LogP contribution is -1.91. The Labute approximate surface area is 90.3 Å². The zero-order valence-corrected chi connectivity index (χ0v) is 9.69. The fourth-order valence-corrected chi connectivity index (χ4v) is 2.36. The van der Waals surface area contributed by atoms with Crippen LogP contribution in [0.5, 0.6) is 0 Å². The van der Waals surface area contributed by atoms with E-state index in [2.05, 4.69) is 46.5 Å². The van der Waals surface area contributed by atoms with Crippen LogP contribution in [0, 0.1) is 3.57 Å². The summed E-state index contributed by atoms with van der Waals surface area (Å²) >= 11 is 2.30. The van der Waals surface area contributed by atoms with Crippen molar-refractivity contribution in [2.24, 2.45) is 0 Å². The molecule has 0 fully saturated rings. The second-order valence-electron chi connectivity index (χ2n) is 3.24. The fourth-order valence-electron chi connectivity index (χ4n) is 1.24. The Bertz CT molecular complexity index is 433. The molecule has 68 valence electrons. The fraction of sp³-hybridized carbons (Fsp3) is 0.333. The van der Waals surface area contributed by atoms with Crippen LogP contribution in [0.3, 0.4) is 0 Å². The molecule has 0 saturated carbocycles. The summed E-state index contributed by atoms with van der Waals surface area (Å²) in [5.74, 6) is 0.452. The molecular weight excluding hydrogens is 277 g/mol. The van der Waals surface area contributed by atoms with Gasteiger partial charge in [-0.05, 0) is 34.6 Å². The van der Waals surface area contributed by atoms with E-state index in [9.17, 15) is 0 Å². The number of nitrogens with zero attached hydrogens (tertiary/aromatic N) is 3. The molecule has 13 heavy (non-hydrogen) atoms. The Morgan fingerprint density at radius 1 is 1.46 bits per heavy atom. The van der Waals surface area contributed by atoms with Crippen LogP contribution in [-0.2, 0) is 0 Å². The predicted octanol–water partition coefficient (Wildman–Crippen LogP) is 2.46. The SMILES string of the molecule is CC(C)c1nn2cccnc2c1I. The van der Waals surface area contributed by atoms with Gasteiger partial charge in [-0.15, -0.1) is 0 Å². The van der Waals surface area contributed by atoms with E-state index in [1.807, 2.05) is 16.8 Å². The van der Waals surface area contributed by atoms with E-state index in [0.29, 0.717) is 5.92 Å². The first-order chi connectivity index (χ1) is 6.20. The van der Waals surface area contributed by atoms with Gasteiger partial charge in [0, 0.05) is 12.4 Å². The molecule has 0 radical (unpaired) electrons. The van der Waals surface area contributed by atoms with Crippen molar-refractivity contribution in [1.29, 1.82) is 0 Å². The highest BCUT2D eigenvalue weighted by molar-refractivity contribution is 14.1. The lowest BCUT2D eigenvalue weighted by atomic mass is 10.1. The Morgan fingerprint density at radius 3 is 2.85 bits per heavy atom. The number of aromatic nitrogens is 3. The van der Waals surface area contributed by atoms with E-state index in [4.69, 9.17) is 0 Å².